The number of carbonyl (C=O) groups excluding carboxylic acids is 2. The number of hydrogen-bond donors (Lipinski definition) is 2. The summed E-state index contributed by atoms with van der Waals surface area (Å²) in [4.78, 5) is 27.1. The first kappa shape index (κ1) is 15.7. The second kappa shape index (κ2) is 6.60. The lowest BCUT2D eigenvalue weighted by Crippen LogP contribution is -2.44. The molecule has 0 unspecified atom stereocenters. The molecular formula is C18H16N4O2S. The minimum atomic E-state index is -0.490. The Morgan fingerprint density at radius 3 is 2.84 bits per heavy atom. The first-order valence-electron chi connectivity index (χ1n) is 7.91. The highest BCUT2D eigenvalue weighted by Gasteiger charge is 2.35. The van der Waals surface area contributed by atoms with Crippen LogP contribution in [0.3, 0.4) is 0 Å². The number of benzene rings is 2. The molecule has 2 N–H and O–H groups in total. The maximum Gasteiger partial charge on any atom is 0.255 e. The number of carbonyl (C=O) groups is 2. The summed E-state index contributed by atoms with van der Waals surface area (Å²) in [6, 6.07) is 14.2. The second-order valence-electron chi connectivity index (χ2n) is 5.79. The van der Waals surface area contributed by atoms with Gasteiger partial charge in [0.15, 0.2) is 0 Å². The Bertz CT molecular complexity index is 925. The number of para-hydroxylation sites is 1. The number of H-pyrrole nitrogens is 1. The minimum absolute atomic E-state index is 0.120. The lowest BCUT2D eigenvalue weighted by molar-refractivity contribution is -0.119. The van der Waals surface area contributed by atoms with Crippen molar-refractivity contribution in [2.75, 3.05) is 16.9 Å². The van der Waals surface area contributed by atoms with Crippen LogP contribution in [0.2, 0.25) is 0 Å². The fourth-order valence-electron chi connectivity index (χ4n) is 2.90. The van der Waals surface area contributed by atoms with Crippen LogP contribution in [-0.2, 0) is 4.79 Å². The lowest BCUT2D eigenvalue weighted by atomic mass is 10.1. The molecule has 25 heavy (non-hydrogen) atoms. The molecule has 3 aromatic rings. The lowest BCUT2D eigenvalue weighted by Gasteiger charge is -2.23. The van der Waals surface area contributed by atoms with E-state index in [1.165, 1.54) is 0 Å². The number of anilines is 1. The molecule has 2 aromatic carbocycles. The topological polar surface area (TPSA) is 78.1 Å². The van der Waals surface area contributed by atoms with Gasteiger partial charge in [-0.1, -0.05) is 30.3 Å². The largest absolute Gasteiger partial charge is 0.322 e. The van der Waals surface area contributed by atoms with Crippen molar-refractivity contribution in [3.8, 4) is 0 Å². The third kappa shape index (κ3) is 2.98. The molecule has 0 bridgehead atoms. The number of nitrogens with zero attached hydrogens (tertiary/aromatic N) is 2. The summed E-state index contributed by atoms with van der Waals surface area (Å²) in [6.07, 6.45) is 1.71. The van der Waals surface area contributed by atoms with Crippen LogP contribution in [-0.4, -0.2) is 44.6 Å². The summed E-state index contributed by atoms with van der Waals surface area (Å²) in [5.74, 6) is 0.797. The standard InChI is InChI=1S/C18H16N4O2S/c23-17(20-14-8-4-7-13-9-19-21-16(13)14)15-10-25-11-22(15)18(24)12-5-2-1-3-6-12/h1-9,15H,10-11H2,(H,19,21)(H,20,23)/t15-/m0/s1. The van der Waals surface area contributed by atoms with Gasteiger partial charge in [0, 0.05) is 16.7 Å². The predicted molar refractivity (Wildman–Crippen MR) is 98.4 cm³/mol. The minimum Gasteiger partial charge on any atom is -0.322 e. The van der Waals surface area contributed by atoms with Crippen LogP contribution in [0.4, 0.5) is 5.69 Å². The van der Waals surface area contributed by atoms with E-state index >= 15 is 0 Å². The Morgan fingerprint density at radius 1 is 1.16 bits per heavy atom. The van der Waals surface area contributed by atoms with Gasteiger partial charge in [-0.05, 0) is 18.2 Å². The number of amides is 2. The molecule has 4 rings (SSSR count). The van der Waals surface area contributed by atoms with Crippen LogP contribution in [0.25, 0.3) is 10.9 Å². The predicted octanol–water partition coefficient (Wildman–Crippen LogP) is 2.72. The van der Waals surface area contributed by atoms with E-state index in [1.54, 1.807) is 35.0 Å². The molecular weight excluding hydrogens is 336 g/mol. The van der Waals surface area contributed by atoms with Crippen molar-refractivity contribution in [2.45, 2.75) is 6.04 Å². The summed E-state index contributed by atoms with van der Waals surface area (Å²) in [5.41, 5.74) is 2.05. The van der Waals surface area contributed by atoms with Gasteiger partial charge in [0.1, 0.15) is 6.04 Å². The molecule has 0 aliphatic carbocycles. The Kier molecular flexibility index (Phi) is 4.15. The van der Waals surface area contributed by atoms with Crippen molar-refractivity contribution >= 4 is 40.2 Å². The van der Waals surface area contributed by atoms with Crippen molar-refractivity contribution in [2.24, 2.45) is 0 Å². The van der Waals surface area contributed by atoms with Gasteiger partial charge in [-0.3, -0.25) is 14.7 Å². The van der Waals surface area contributed by atoms with Crippen LogP contribution in [0.15, 0.2) is 54.7 Å². The summed E-state index contributed by atoms with van der Waals surface area (Å²) in [7, 11) is 0. The average Bonchev–Trinajstić information content (AvgIpc) is 3.31. The zero-order valence-corrected chi connectivity index (χ0v) is 14.1. The third-order valence-electron chi connectivity index (χ3n) is 4.20. The van der Waals surface area contributed by atoms with Crippen LogP contribution in [0.5, 0.6) is 0 Å². The molecule has 0 radical (unpaired) electrons. The number of nitrogens with one attached hydrogen (secondary N) is 2. The van der Waals surface area contributed by atoms with E-state index in [1.807, 2.05) is 36.4 Å². The van der Waals surface area contributed by atoms with Gasteiger partial charge in [0.25, 0.3) is 5.91 Å². The summed E-state index contributed by atoms with van der Waals surface area (Å²) >= 11 is 1.58. The summed E-state index contributed by atoms with van der Waals surface area (Å²) in [5, 5.41) is 10.8. The summed E-state index contributed by atoms with van der Waals surface area (Å²) in [6.45, 7) is 0. The molecule has 7 heteroatoms. The Hall–Kier alpha value is -2.80. The Labute approximate surface area is 148 Å². The van der Waals surface area contributed by atoms with Gasteiger partial charge in [0.2, 0.25) is 5.91 Å². The molecule has 6 nitrogen and oxygen atoms in total. The van der Waals surface area contributed by atoms with E-state index < -0.39 is 6.04 Å². The van der Waals surface area contributed by atoms with Gasteiger partial charge >= 0.3 is 0 Å². The van der Waals surface area contributed by atoms with E-state index in [-0.39, 0.29) is 11.8 Å². The van der Waals surface area contributed by atoms with Crippen molar-refractivity contribution < 1.29 is 9.59 Å². The van der Waals surface area contributed by atoms with Crippen LogP contribution in [0.1, 0.15) is 10.4 Å². The maximum atomic E-state index is 12.8. The van der Waals surface area contributed by atoms with Gasteiger partial charge in [-0.2, -0.15) is 5.10 Å². The zero-order chi connectivity index (χ0) is 17.2. The van der Waals surface area contributed by atoms with Gasteiger partial charge in [0.05, 0.1) is 23.3 Å². The highest BCUT2D eigenvalue weighted by molar-refractivity contribution is 7.99. The first-order chi connectivity index (χ1) is 12.2. The highest BCUT2D eigenvalue weighted by Crippen LogP contribution is 2.26. The maximum absolute atomic E-state index is 12.8. The van der Waals surface area contributed by atoms with E-state index in [4.69, 9.17) is 0 Å². The Morgan fingerprint density at radius 2 is 2.00 bits per heavy atom. The van der Waals surface area contributed by atoms with Crippen molar-refractivity contribution in [3.05, 3.63) is 60.3 Å². The van der Waals surface area contributed by atoms with Crippen molar-refractivity contribution in [3.63, 3.8) is 0 Å². The molecule has 2 heterocycles. The molecule has 1 fully saturated rings. The third-order valence-corrected chi connectivity index (χ3v) is 5.21. The summed E-state index contributed by atoms with van der Waals surface area (Å²) < 4.78 is 0. The molecule has 2 amide bonds. The fraction of sp³-hybridized carbons (Fsp3) is 0.167. The van der Waals surface area contributed by atoms with Gasteiger partial charge in [-0.15, -0.1) is 11.8 Å². The monoisotopic (exact) mass is 352 g/mol. The number of aromatic nitrogens is 2. The molecule has 1 aliphatic rings. The van der Waals surface area contributed by atoms with E-state index in [2.05, 4.69) is 15.5 Å². The van der Waals surface area contributed by atoms with Gasteiger partial charge in [-0.25, -0.2) is 0 Å². The van der Waals surface area contributed by atoms with Gasteiger partial charge < -0.3 is 10.2 Å². The molecule has 126 valence electrons. The molecule has 1 aliphatic heterocycles. The van der Waals surface area contributed by atoms with E-state index in [0.29, 0.717) is 22.9 Å². The normalized spacial score (nSPS) is 17.0. The fourth-order valence-corrected chi connectivity index (χ4v) is 4.05. The van der Waals surface area contributed by atoms with Crippen LogP contribution in [0, 0.1) is 0 Å². The molecule has 1 saturated heterocycles. The van der Waals surface area contributed by atoms with E-state index in [0.717, 1.165) is 10.9 Å². The number of hydrogen-bond acceptors (Lipinski definition) is 4. The van der Waals surface area contributed by atoms with Crippen LogP contribution >= 0.6 is 11.8 Å². The smallest absolute Gasteiger partial charge is 0.255 e. The number of thioether (sulfide) groups is 1. The molecule has 0 saturated carbocycles. The SMILES string of the molecule is O=C(Nc1cccc2cn[nH]c12)[C@@H]1CSCN1C(=O)c1ccccc1. The van der Waals surface area contributed by atoms with Crippen molar-refractivity contribution in [1.82, 2.24) is 15.1 Å². The average molecular weight is 352 g/mol. The highest BCUT2D eigenvalue weighted by atomic mass is 32.2. The zero-order valence-electron chi connectivity index (χ0n) is 13.3. The quantitative estimate of drug-likeness (QED) is 0.760. The number of fused-ring (bicyclic) bond motifs is 1. The number of aromatic amines is 1. The van der Waals surface area contributed by atoms with E-state index in [9.17, 15) is 9.59 Å². The molecule has 1 atom stereocenters. The second-order valence-corrected chi connectivity index (χ2v) is 6.79. The Balaban J connectivity index is 1.55. The molecule has 1 aromatic heterocycles. The first-order valence-corrected chi connectivity index (χ1v) is 9.06. The van der Waals surface area contributed by atoms with Crippen molar-refractivity contribution in [1.29, 1.82) is 0 Å². The van der Waals surface area contributed by atoms with Crippen LogP contribution < -0.4 is 5.32 Å². The molecule has 0 spiro atoms. The number of rotatable bonds is 3.